The zero-order valence-electron chi connectivity index (χ0n) is 13.2. The van der Waals surface area contributed by atoms with E-state index >= 15 is 0 Å². The van der Waals surface area contributed by atoms with Crippen molar-refractivity contribution in [2.45, 2.75) is 6.92 Å². The number of amides is 1. The standard InChI is InChI=1S/C17H13N5O2S/c1-11-9-15(20-16(23)12-5-2-3-7-18-12)22(21-11)17-19-13(10-25-17)14-6-4-8-24-14/h2-10H,1H3,(H,20,23). The number of carbonyl (C=O) groups is 1. The molecule has 0 aromatic carbocycles. The van der Waals surface area contributed by atoms with Gasteiger partial charge >= 0.3 is 0 Å². The first-order chi connectivity index (χ1) is 12.2. The summed E-state index contributed by atoms with van der Waals surface area (Å²) in [6, 6.07) is 10.6. The molecule has 0 spiro atoms. The van der Waals surface area contributed by atoms with E-state index in [0.29, 0.717) is 22.4 Å². The van der Waals surface area contributed by atoms with Crippen molar-refractivity contribution in [3.05, 3.63) is 65.6 Å². The summed E-state index contributed by atoms with van der Waals surface area (Å²) in [5.74, 6) is 0.920. The van der Waals surface area contributed by atoms with Gasteiger partial charge < -0.3 is 9.73 Å². The van der Waals surface area contributed by atoms with Crippen LogP contribution in [0.25, 0.3) is 16.6 Å². The van der Waals surface area contributed by atoms with E-state index in [9.17, 15) is 4.79 Å². The maximum atomic E-state index is 12.4. The number of nitrogens with one attached hydrogen (secondary N) is 1. The maximum absolute atomic E-state index is 12.4. The van der Waals surface area contributed by atoms with Crippen LogP contribution >= 0.6 is 11.3 Å². The Bertz CT molecular complexity index is 1010. The second kappa shape index (κ2) is 6.33. The largest absolute Gasteiger partial charge is 0.463 e. The average molecular weight is 351 g/mol. The van der Waals surface area contributed by atoms with Gasteiger partial charge in [-0.3, -0.25) is 9.78 Å². The van der Waals surface area contributed by atoms with Crippen LogP contribution in [0.1, 0.15) is 16.2 Å². The second-order valence-corrected chi connectivity index (χ2v) is 6.08. The van der Waals surface area contributed by atoms with Crippen molar-refractivity contribution in [1.82, 2.24) is 19.7 Å². The van der Waals surface area contributed by atoms with Gasteiger partial charge in [0, 0.05) is 17.6 Å². The van der Waals surface area contributed by atoms with E-state index in [1.807, 2.05) is 24.4 Å². The van der Waals surface area contributed by atoms with Crippen molar-refractivity contribution in [3.63, 3.8) is 0 Å². The monoisotopic (exact) mass is 351 g/mol. The minimum atomic E-state index is -0.301. The van der Waals surface area contributed by atoms with Crippen molar-refractivity contribution in [2.24, 2.45) is 0 Å². The molecule has 0 bridgehead atoms. The highest BCUT2D eigenvalue weighted by Crippen LogP contribution is 2.26. The van der Waals surface area contributed by atoms with Gasteiger partial charge in [-0.15, -0.1) is 11.3 Å². The number of hydrogen-bond donors (Lipinski definition) is 1. The number of hydrogen-bond acceptors (Lipinski definition) is 6. The van der Waals surface area contributed by atoms with Gasteiger partial charge in [0.15, 0.2) is 5.76 Å². The number of thiazole rings is 1. The molecule has 1 amide bonds. The first kappa shape index (κ1) is 15.3. The van der Waals surface area contributed by atoms with Gasteiger partial charge in [-0.2, -0.15) is 9.78 Å². The zero-order valence-corrected chi connectivity index (χ0v) is 14.0. The molecule has 0 atom stereocenters. The molecule has 8 heteroatoms. The third-order valence-corrected chi connectivity index (χ3v) is 4.23. The lowest BCUT2D eigenvalue weighted by Gasteiger charge is -2.05. The van der Waals surface area contributed by atoms with Crippen LogP contribution in [-0.2, 0) is 0 Å². The Labute approximate surface area is 147 Å². The Kier molecular flexibility index (Phi) is 3.87. The molecular weight excluding hydrogens is 338 g/mol. The van der Waals surface area contributed by atoms with Crippen LogP contribution in [0.15, 0.2) is 58.7 Å². The minimum Gasteiger partial charge on any atom is -0.463 e. The van der Waals surface area contributed by atoms with Crippen LogP contribution < -0.4 is 5.32 Å². The lowest BCUT2D eigenvalue weighted by molar-refractivity contribution is 0.102. The van der Waals surface area contributed by atoms with Crippen molar-refractivity contribution in [1.29, 1.82) is 0 Å². The first-order valence-electron chi connectivity index (χ1n) is 7.49. The lowest BCUT2D eigenvalue weighted by Crippen LogP contribution is -2.16. The quantitative estimate of drug-likeness (QED) is 0.608. The highest BCUT2D eigenvalue weighted by molar-refractivity contribution is 7.12. The molecule has 25 heavy (non-hydrogen) atoms. The van der Waals surface area contributed by atoms with Gasteiger partial charge in [-0.05, 0) is 31.2 Å². The van der Waals surface area contributed by atoms with Crippen LogP contribution in [-0.4, -0.2) is 25.7 Å². The van der Waals surface area contributed by atoms with Crippen LogP contribution in [0.4, 0.5) is 5.82 Å². The Morgan fingerprint density at radius 1 is 1.28 bits per heavy atom. The molecule has 4 aromatic heterocycles. The van der Waals surface area contributed by atoms with Gasteiger partial charge in [0.25, 0.3) is 5.91 Å². The summed E-state index contributed by atoms with van der Waals surface area (Å²) in [6.45, 7) is 1.86. The molecule has 0 aliphatic rings. The van der Waals surface area contributed by atoms with E-state index in [0.717, 1.165) is 11.4 Å². The fourth-order valence-corrected chi connectivity index (χ4v) is 3.09. The predicted octanol–water partition coefficient (Wildman–Crippen LogP) is 3.54. The lowest BCUT2D eigenvalue weighted by atomic mass is 10.3. The summed E-state index contributed by atoms with van der Waals surface area (Å²) in [4.78, 5) is 20.9. The highest BCUT2D eigenvalue weighted by Gasteiger charge is 2.16. The van der Waals surface area contributed by atoms with Crippen molar-refractivity contribution in [2.75, 3.05) is 5.32 Å². The molecule has 4 aromatic rings. The smallest absolute Gasteiger partial charge is 0.275 e. The number of carbonyl (C=O) groups excluding carboxylic acids is 1. The van der Waals surface area contributed by atoms with Crippen LogP contribution in [0.5, 0.6) is 0 Å². The predicted molar refractivity (Wildman–Crippen MR) is 93.9 cm³/mol. The van der Waals surface area contributed by atoms with E-state index in [4.69, 9.17) is 4.42 Å². The number of anilines is 1. The summed E-state index contributed by atoms with van der Waals surface area (Å²) < 4.78 is 6.97. The van der Waals surface area contributed by atoms with Gasteiger partial charge in [-0.1, -0.05) is 6.07 Å². The molecule has 1 N–H and O–H groups in total. The molecule has 0 aliphatic heterocycles. The van der Waals surface area contributed by atoms with E-state index in [1.165, 1.54) is 11.3 Å². The Balaban J connectivity index is 1.64. The molecule has 0 saturated carbocycles. The molecule has 124 valence electrons. The SMILES string of the molecule is Cc1cc(NC(=O)c2ccccn2)n(-c2nc(-c3ccco3)cs2)n1. The third-order valence-electron chi connectivity index (χ3n) is 3.42. The summed E-state index contributed by atoms with van der Waals surface area (Å²) in [6.07, 6.45) is 3.18. The number of aromatic nitrogens is 4. The number of rotatable bonds is 4. The van der Waals surface area contributed by atoms with Gasteiger partial charge in [0.2, 0.25) is 5.13 Å². The normalized spacial score (nSPS) is 10.8. The van der Waals surface area contributed by atoms with Crippen molar-refractivity contribution < 1.29 is 9.21 Å². The van der Waals surface area contributed by atoms with Crippen molar-refractivity contribution >= 4 is 23.1 Å². The Hall–Kier alpha value is -3.26. The summed E-state index contributed by atoms with van der Waals surface area (Å²) >= 11 is 1.41. The zero-order chi connectivity index (χ0) is 17.2. The molecule has 0 saturated heterocycles. The average Bonchev–Trinajstić information content (AvgIpc) is 3.35. The molecule has 0 fully saturated rings. The van der Waals surface area contributed by atoms with Crippen LogP contribution in [0.2, 0.25) is 0 Å². The van der Waals surface area contributed by atoms with Gasteiger partial charge in [0.05, 0.1) is 12.0 Å². The second-order valence-electron chi connectivity index (χ2n) is 5.24. The molecule has 4 rings (SSSR count). The summed E-state index contributed by atoms with van der Waals surface area (Å²) in [5.41, 5.74) is 1.83. The van der Waals surface area contributed by atoms with Gasteiger partial charge in [-0.25, -0.2) is 4.98 Å². The molecule has 0 radical (unpaired) electrons. The molecular formula is C17H13N5O2S. The number of furan rings is 1. The fourth-order valence-electron chi connectivity index (χ4n) is 2.31. The molecule has 4 heterocycles. The molecule has 7 nitrogen and oxygen atoms in total. The number of pyridine rings is 1. The van der Waals surface area contributed by atoms with Crippen molar-refractivity contribution in [3.8, 4) is 16.6 Å². The van der Waals surface area contributed by atoms with Gasteiger partial charge in [0.1, 0.15) is 17.2 Å². The third kappa shape index (κ3) is 3.07. The number of nitrogens with zero attached hydrogens (tertiary/aromatic N) is 4. The Morgan fingerprint density at radius 2 is 2.20 bits per heavy atom. The van der Waals surface area contributed by atoms with E-state index in [2.05, 4.69) is 20.4 Å². The molecule has 0 unspecified atom stereocenters. The fraction of sp³-hybridized carbons (Fsp3) is 0.0588. The van der Waals surface area contributed by atoms with Crippen LogP contribution in [0, 0.1) is 6.92 Å². The summed E-state index contributed by atoms with van der Waals surface area (Å²) in [7, 11) is 0. The number of aryl methyl sites for hydroxylation is 1. The van der Waals surface area contributed by atoms with E-state index in [-0.39, 0.29) is 5.91 Å². The van der Waals surface area contributed by atoms with Crippen LogP contribution in [0.3, 0.4) is 0 Å². The minimum absolute atomic E-state index is 0.301. The topological polar surface area (TPSA) is 85.8 Å². The Morgan fingerprint density at radius 3 is 2.96 bits per heavy atom. The first-order valence-corrected chi connectivity index (χ1v) is 8.37. The highest BCUT2D eigenvalue weighted by atomic mass is 32.1. The maximum Gasteiger partial charge on any atom is 0.275 e. The molecule has 0 aliphatic carbocycles. The summed E-state index contributed by atoms with van der Waals surface area (Å²) in [5, 5.41) is 9.77. The van der Waals surface area contributed by atoms with E-state index < -0.39 is 0 Å². The van der Waals surface area contributed by atoms with E-state index in [1.54, 1.807) is 41.4 Å².